The highest BCUT2D eigenvalue weighted by atomic mass is 79.9. The lowest BCUT2D eigenvalue weighted by molar-refractivity contribution is 0.498. The van der Waals surface area contributed by atoms with Crippen molar-refractivity contribution in [1.82, 2.24) is 5.32 Å². The zero-order valence-electron chi connectivity index (χ0n) is 10.3. The van der Waals surface area contributed by atoms with Crippen molar-refractivity contribution < 1.29 is 0 Å². The van der Waals surface area contributed by atoms with Gasteiger partial charge in [0.05, 0.1) is 0 Å². The third-order valence-corrected chi connectivity index (χ3v) is 3.54. The lowest BCUT2D eigenvalue weighted by Gasteiger charge is -2.13. The molecule has 1 unspecified atom stereocenters. The molecule has 0 amide bonds. The molecule has 90 valence electrons. The number of halogens is 1. The van der Waals surface area contributed by atoms with Gasteiger partial charge in [0, 0.05) is 4.47 Å². The van der Waals surface area contributed by atoms with Gasteiger partial charge < -0.3 is 5.32 Å². The number of hydrogen-bond acceptors (Lipinski definition) is 1. The van der Waals surface area contributed by atoms with Crippen molar-refractivity contribution in [2.24, 2.45) is 5.92 Å². The summed E-state index contributed by atoms with van der Waals surface area (Å²) in [5.74, 6) is 0.739. The van der Waals surface area contributed by atoms with Gasteiger partial charge in [-0.05, 0) is 49.9 Å². The van der Waals surface area contributed by atoms with Crippen LogP contribution in [0.15, 0.2) is 28.7 Å². The van der Waals surface area contributed by atoms with E-state index in [1.807, 2.05) is 0 Å². The number of rotatable bonds is 7. The Hall–Kier alpha value is -0.340. The Bertz CT molecular complexity index is 299. The molecular formula is C14H22BrN. The molecule has 0 spiro atoms. The van der Waals surface area contributed by atoms with Crippen molar-refractivity contribution in [2.75, 3.05) is 13.1 Å². The average Bonchev–Trinajstić information content (AvgIpc) is 2.28. The maximum atomic E-state index is 3.60. The van der Waals surface area contributed by atoms with Crippen LogP contribution in [0.25, 0.3) is 0 Å². The van der Waals surface area contributed by atoms with Crippen LogP contribution in [-0.4, -0.2) is 13.1 Å². The van der Waals surface area contributed by atoms with Gasteiger partial charge in [-0.3, -0.25) is 0 Å². The van der Waals surface area contributed by atoms with Crippen molar-refractivity contribution in [2.45, 2.75) is 33.1 Å². The van der Waals surface area contributed by atoms with Crippen LogP contribution in [0.2, 0.25) is 0 Å². The largest absolute Gasteiger partial charge is 0.317 e. The molecule has 0 aromatic heterocycles. The first-order valence-corrected chi connectivity index (χ1v) is 6.97. The van der Waals surface area contributed by atoms with Crippen molar-refractivity contribution in [3.63, 3.8) is 0 Å². The van der Waals surface area contributed by atoms with Crippen molar-refractivity contribution in [3.05, 3.63) is 34.3 Å². The van der Waals surface area contributed by atoms with Crippen molar-refractivity contribution in [1.29, 1.82) is 0 Å². The Morgan fingerprint density at radius 3 is 2.69 bits per heavy atom. The highest BCUT2D eigenvalue weighted by molar-refractivity contribution is 9.10. The lowest BCUT2D eigenvalue weighted by Crippen LogP contribution is -2.18. The van der Waals surface area contributed by atoms with Gasteiger partial charge >= 0.3 is 0 Å². The Kier molecular flexibility index (Phi) is 6.74. The SMILES string of the molecule is CCCNCCC(C)Cc1ccccc1Br. The second-order valence-electron chi connectivity index (χ2n) is 4.44. The second-order valence-corrected chi connectivity index (χ2v) is 5.29. The fourth-order valence-electron chi connectivity index (χ4n) is 1.79. The minimum Gasteiger partial charge on any atom is -0.317 e. The molecule has 0 aliphatic heterocycles. The van der Waals surface area contributed by atoms with E-state index in [0.717, 1.165) is 25.4 Å². The van der Waals surface area contributed by atoms with E-state index in [0.29, 0.717) is 0 Å². The maximum Gasteiger partial charge on any atom is 0.0207 e. The first-order valence-electron chi connectivity index (χ1n) is 6.18. The highest BCUT2D eigenvalue weighted by Crippen LogP contribution is 2.20. The zero-order chi connectivity index (χ0) is 11.8. The van der Waals surface area contributed by atoms with Crippen LogP contribution < -0.4 is 5.32 Å². The van der Waals surface area contributed by atoms with Crippen LogP contribution in [0, 0.1) is 5.92 Å². The molecule has 16 heavy (non-hydrogen) atoms. The molecule has 1 N–H and O–H groups in total. The molecule has 0 radical (unpaired) electrons. The van der Waals surface area contributed by atoms with Crippen LogP contribution in [0.4, 0.5) is 0 Å². The monoisotopic (exact) mass is 283 g/mol. The normalized spacial score (nSPS) is 12.7. The van der Waals surface area contributed by atoms with Gasteiger partial charge in [0.15, 0.2) is 0 Å². The van der Waals surface area contributed by atoms with Gasteiger partial charge in [-0.2, -0.15) is 0 Å². The topological polar surface area (TPSA) is 12.0 Å². The molecule has 0 aliphatic carbocycles. The van der Waals surface area contributed by atoms with Gasteiger partial charge in [0.1, 0.15) is 0 Å². The summed E-state index contributed by atoms with van der Waals surface area (Å²) in [6.07, 6.45) is 3.63. The quantitative estimate of drug-likeness (QED) is 0.746. The first kappa shape index (κ1) is 13.7. The molecule has 2 heteroatoms. The van der Waals surface area contributed by atoms with E-state index in [9.17, 15) is 0 Å². The smallest absolute Gasteiger partial charge is 0.0207 e. The van der Waals surface area contributed by atoms with Crippen LogP contribution in [0.1, 0.15) is 32.3 Å². The molecule has 1 nitrogen and oxygen atoms in total. The Morgan fingerprint density at radius 2 is 2.00 bits per heavy atom. The lowest BCUT2D eigenvalue weighted by atomic mass is 9.98. The summed E-state index contributed by atoms with van der Waals surface area (Å²) < 4.78 is 1.24. The molecular weight excluding hydrogens is 262 g/mol. The minimum atomic E-state index is 0.739. The van der Waals surface area contributed by atoms with Crippen molar-refractivity contribution in [3.8, 4) is 0 Å². The predicted octanol–water partition coefficient (Wildman–Crippen LogP) is 4.02. The molecule has 0 saturated heterocycles. The third-order valence-electron chi connectivity index (χ3n) is 2.77. The minimum absolute atomic E-state index is 0.739. The van der Waals surface area contributed by atoms with E-state index in [2.05, 4.69) is 59.4 Å². The molecule has 0 heterocycles. The second kappa shape index (κ2) is 7.86. The van der Waals surface area contributed by atoms with Gasteiger partial charge in [-0.15, -0.1) is 0 Å². The van der Waals surface area contributed by atoms with Gasteiger partial charge in [-0.25, -0.2) is 0 Å². The summed E-state index contributed by atoms with van der Waals surface area (Å²) in [5.41, 5.74) is 1.42. The van der Waals surface area contributed by atoms with E-state index in [-0.39, 0.29) is 0 Å². The predicted molar refractivity (Wildman–Crippen MR) is 74.8 cm³/mol. The Morgan fingerprint density at radius 1 is 1.25 bits per heavy atom. The standard InChI is InChI=1S/C14H22BrN/c1-3-9-16-10-8-12(2)11-13-6-4-5-7-14(13)15/h4-7,12,16H,3,8-11H2,1-2H3. The number of nitrogens with one attached hydrogen (secondary N) is 1. The number of benzene rings is 1. The Balaban J connectivity index is 2.28. The summed E-state index contributed by atoms with van der Waals surface area (Å²) >= 11 is 3.60. The van der Waals surface area contributed by atoms with E-state index < -0.39 is 0 Å². The fourth-order valence-corrected chi connectivity index (χ4v) is 2.24. The third kappa shape index (κ3) is 5.13. The Labute approximate surface area is 108 Å². The average molecular weight is 284 g/mol. The zero-order valence-corrected chi connectivity index (χ0v) is 11.9. The molecule has 0 saturated carbocycles. The highest BCUT2D eigenvalue weighted by Gasteiger charge is 2.05. The summed E-state index contributed by atoms with van der Waals surface area (Å²) in [7, 11) is 0. The summed E-state index contributed by atoms with van der Waals surface area (Å²) in [5, 5.41) is 3.45. The molecule has 1 aromatic rings. The molecule has 1 aromatic carbocycles. The van der Waals surface area contributed by atoms with Gasteiger partial charge in [-0.1, -0.05) is 48.0 Å². The fraction of sp³-hybridized carbons (Fsp3) is 0.571. The summed E-state index contributed by atoms with van der Waals surface area (Å²) in [4.78, 5) is 0. The van der Waals surface area contributed by atoms with Crippen LogP contribution >= 0.6 is 15.9 Å². The first-order chi connectivity index (χ1) is 7.74. The van der Waals surface area contributed by atoms with E-state index in [1.165, 1.54) is 22.9 Å². The summed E-state index contributed by atoms with van der Waals surface area (Å²) in [6, 6.07) is 8.51. The van der Waals surface area contributed by atoms with Crippen LogP contribution in [0.5, 0.6) is 0 Å². The maximum absolute atomic E-state index is 3.60. The van der Waals surface area contributed by atoms with E-state index >= 15 is 0 Å². The molecule has 1 atom stereocenters. The number of hydrogen-bond donors (Lipinski definition) is 1. The molecule has 0 bridgehead atoms. The van der Waals surface area contributed by atoms with E-state index in [4.69, 9.17) is 0 Å². The van der Waals surface area contributed by atoms with Gasteiger partial charge in [0.2, 0.25) is 0 Å². The molecule has 0 fully saturated rings. The summed E-state index contributed by atoms with van der Waals surface area (Å²) in [6.45, 7) is 6.81. The molecule has 0 aliphatic rings. The van der Waals surface area contributed by atoms with Crippen LogP contribution in [0.3, 0.4) is 0 Å². The molecule has 1 rings (SSSR count). The van der Waals surface area contributed by atoms with Gasteiger partial charge in [0.25, 0.3) is 0 Å². The van der Waals surface area contributed by atoms with E-state index in [1.54, 1.807) is 0 Å². The van der Waals surface area contributed by atoms with Crippen molar-refractivity contribution >= 4 is 15.9 Å². The van der Waals surface area contributed by atoms with Crippen LogP contribution in [-0.2, 0) is 6.42 Å².